The molecular weight excluding hydrogens is 398 g/mol. The van der Waals surface area contributed by atoms with Gasteiger partial charge in [0.25, 0.3) is 5.91 Å². The summed E-state index contributed by atoms with van der Waals surface area (Å²) in [6.07, 6.45) is 0. The number of carbonyl (C=O) groups is 2. The molecule has 9 nitrogen and oxygen atoms in total. The van der Waals surface area contributed by atoms with Gasteiger partial charge in [0.1, 0.15) is 11.8 Å². The number of benzene rings is 2. The van der Waals surface area contributed by atoms with E-state index in [1.807, 2.05) is 6.07 Å². The summed E-state index contributed by atoms with van der Waals surface area (Å²) in [5, 5.41) is 11.3. The van der Waals surface area contributed by atoms with Gasteiger partial charge in [-0.1, -0.05) is 6.07 Å². The second kappa shape index (κ2) is 9.68. The van der Waals surface area contributed by atoms with Crippen molar-refractivity contribution >= 4 is 27.6 Å². The Morgan fingerprint density at radius 2 is 1.86 bits per heavy atom. The molecule has 2 aromatic rings. The van der Waals surface area contributed by atoms with E-state index in [4.69, 9.17) is 14.7 Å². The summed E-state index contributed by atoms with van der Waals surface area (Å²) in [6.45, 7) is 0.696. The van der Waals surface area contributed by atoms with Crippen LogP contribution in [0.25, 0.3) is 0 Å². The van der Waals surface area contributed by atoms with Crippen LogP contribution in [-0.4, -0.2) is 40.1 Å². The van der Waals surface area contributed by atoms with Gasteiger partial charge in [-0.3, -0.25) is 9.59 Å². The highest BCUT2D eigenvalue weighted by Crippen LogP contribution is 2.15. The van der Waals surface area contributed by atoms with E-state index in [0.29, 0.717) is 17.0 Å². The molecule has 29 heavy (non-hydrogen) atoms. The number of anilines is 1. The lowest BCUT2D eigenvalue weighted by molar-refractivity contribution is -0.148. The fourth-order valence-electron chi connectivity index (χ4n) is 2.23. The van der Waals surface area contributed by atoms with Crippen LogP contribution < -0.4 is 14.8 Å². The molecule has 0 radical (unpaired) electrons. The second-order valence-electron chi connectivity index (χ2n) is 5.87. The topological polar surface area (TPSA) is 135 Å². The Morgan fingerprint density at radius 1 is 1.17 bits per heavy atom. The van der Waals surface area contributed by atoms with Crippen molar-refractivity contribution in [3.8, 4) is 11.8 Å². The molecule has 1 atom stereocenters. The van der Waals surface area contributed by atoms with E-state index in [9.17, 15) is 18.0 Å². The van der Waals surface area contributed by atoms with E-state index < -0.39 is 34.5 Å². The number of hydrogen-bond donors (Lipinski definition) is 2. The summed E-state index contributed by atoms with van der Waals surface area (Å²) in [5.41, 5.74) is 0.736. The first-order chi connectivity index (χ1) is 13.7. The van der Waals surface area contributed by atoms with Crippen molar-refractivity contribution < 1.29 is 27.5 Å². The van der Waals surface area contributed by atoms with Gasteiger partial charge in [0.15, 0.2) is 6.61 Å². The zero-order valence-corrected chi connectivity index (χ0v) is 16.5. The minimum Gasteiger partial charge on any atom is -0.497 e. The largest absolute Gasteiger partial charge is 0.497 e. The first-order valence-electron chi connectivity index (χ1n) is 8.38. The summed E-state index contributed by atoms with van der Waals surface area (Å²) in [7, 11) is -2.51. The van der Waals surface area contributed by atoms with Crippen LogP contribution in [0.1, 0.15) is 12.5 Å². The summed E-state index contributed by atoms with van der Waals surface area (Å²) in [6, 6.07) is 12.6. The van der Waals surface area contributed by atoms with E-state index >= 15 is 0 Å². The van der Waals surface area contributed by atoms with E-state index in [2.05, 4.69) is 10.0 Å². The monoisotopic (exact) mass is 417 g/mol. The smallest absolute Gasteiger partial charge is 0.324 e. The molecule has 0 saturated heterocycles. The van der Waals surface area contributed by atoms with E-state index in [-0.39, 0.29) is 4.90 Å². The van der Waals surface area contributed by atoms with E-state index in [0.717, 1.165) is 0 Å². The van der Waals surface area contributed by atoms with Gasteiger partial charge in [-0.25, -0.2) is 8.42 Å². The molecule has 0 unspecified atom stereocenters. The van der Waals surface area contributed by atoms with Crippen molar-refractivity contribution in [2.45, 2.75) is 17.9 Å². The van der Waals surface area contributed by atoms with Gasteiger partial charge in [-0.15, -0.1) is 0 Å². The summed E-state index contributed by atoms with van der Waals surface area (Å²) in [5.74, 6) is -1.05. The maximum Gasteiger partial charge on any atom is 0.324 e. The van der Waals surface area contributed by atoms with E-state index in [1.165, 1.54) is 44.4 Å². The van der Waals surface area contributed by atoms with Gasteiger partial charge in [0.05, 0.1) is 23.6 Å². The van der Waals surface area contributed by atoms with Gasteiger partial charge < -0.3 is 14.8 Å². The van der Waals surface area contributed by atoms with Crippen LogP contribution in [0.3, 0.4) is 0 Å². The number of sulfonamides is 1. The molecule has 152 valence electrons. The summed E-state index contributed by atoms with van der Waals surface area (Å²) >= 11 is 0. The number of nitrogens with zero attached hydrogens (tertiary/aromatic N) is 1. The Hall–Kier alpha value is -3.42. The zero-order valence-electron chi connectivity index (χ0n) is 15.7. The fourth-order valence-corrected chi connectivity index (χ4v) is 3.42. The summed E-state index contributed by atoms with van der Waals surface area (Å²) < 4.78 is 36.6. The van der Waals surface area contributed by atoms with Gasteiger partial charge >= 0.3 is 5.97 Å². The highest BCUT2D eigenvalue weighted by atomic mass is 32.2. The average molecular weight is 417 g/mol. The van der Waals surface area contributed by atoms with Crippen LogP contribution in [0.2, 0.25) is 0 Å². The van der Waals surface area contributed by atoms with Gasteiger partial charge in [0.2, 0.25) is 10.0 Å². The van der Waals surface area contributed by atoms with Crippen molar-refractivity contribution in [3.63, 3.8) is 0 Å². The SMILES string of the molecule is COc1ccc(S(=O)(=O)N[C@@H](C)C(=O)OCC(=O)Nc2cccc(C#N)c2)cc1. The third kappa shape index (κ3) is 6.31. The van der Waals surface area contributed by atoms with Crippen LogP contribution in [0, 0.1) is 11.3 Å². The lowest BCUT2D eigenvalue weighted by atomic mass is 10.2. The molecule has 0 heterocycles. The van der Waals surface area contributed by atoms with Crippen molar-refractivity contribution in [2.75, 3.05) is 19.0 Å². The Balaban J connectivity index is 1.89. The molecule has 2 N–H and O–H groups in total. The van der Waals surface area contributed by atoms with Crippen LogP contribution >= 0.6 is 0 Å². The Kier molecular flexibility index (Phi) is 7.30. The number of nitrogens with one attached hydrogen (secondary N) is 2. The molecule has 0 saturated carbocycles. The quantitative estimate of drug-likeness (QED) is 0.620. The molecule has 1 amide bonds. The molecule has 0 aliphatic rings. The predicted molar refractivity (Wildman–Crippen MR) is 104 cm³/mol. The third-order valence-corrected chi connectivity index (χ3v) is 5.23. The number of rotatable bonds is 8. The van der Waals surface area contributed by atoms with Gasteiger partial charge in [-0.2, -0.15) is 9.98 Å². The molecule has 0 aromatic heterocycles. The minimum absolute atomic E-state index is 0.0481. The standard InChI is InChI=1S/C19H19N3O6S/c1-13(22-29(25,26)17-8-6-16(27-2)7-9-17)19(24)28-12-18(23)21-15-5-3-4-14(10-15)11-20/h3-10,13,22H,12H2,1-2H3,(H,21,23)/t13-/m0/s1. The molecule has 0 bridgehead atoms. The summed E-state index contributed by atoms with van der Waals surface area (Å²) in [4.78, 5) is 23.9. The fraction of sp³-hybridized carbons (Fsp3) is 0.211. The van der Waals surface area contributed by atoms with Crippen LogP contribution in [-0.2, 0) is 24.3 Å². The Labute approximate surface area is 168 Å². The molecule has 2 aromatic carbocycles. The lowest BCUT2D eigenvalue weighted by Gasteiger charge is -2.14. The zero-order chi connectivity index (χ0) is 21.4. The first-order valence-corrected chi connectivity index (χ1v) is 9.86. The normalized spacial score (nSPS) is 11.8. The first kappa shape index (κ1) is 21.9. The molecule has 0 aliphatic carbocycles. The Bertz CT molecular complexity index is 1030. The molecular formula is C19H19N3O6S. The van der Waals surface area contributed by atoms with Crippen molar-refractivity contribution in [1.82, 2.24) is 4.72 Å². The second-order valence-corrected chi connectivity index (χ2v) is 7.58. The lowest BCUT2D eigenvalue weighted by Crippen LogP contribution is -2.40. The number of methoxy groups -OCH3 is 1. The molecule has 0 fully saturated rings. The van der Waals surface area contributed by atoms with E-state index in [1.54, 1.807) is 18.2 Å². The van der Waals surface area contributed by atoms with Crippen molar-refractivity contribution in [3.05, 3.63) is 54.1 Å². The number of amides is 1. The van der Waals surface area contributed by atoms with Crippen LogP contribution in [0.4, 0.5) is 5.69 Å². The average Bonchev–Trinajstić information content (AvgIpc) is 2.71. The van der Waals surface area contributed by atoms with Gasteiger partial charge in [0, 0.05) is 5.69 Å². The van der Waals surface area contributed by atoms with Gasteiger partial charge in [-0.05, 0) is 49.4 Å². The third-order valence-electron chi connectivity index (χ3n) is 3.68. The number of hydrogen-bond acceptors (Lipinski definition) is 7. The molecule has 0 spiro atoms. The van der Waals surface area contributed by atoms with Crippen molar-refractivity contribution in [1.29, 1.82) is 5.26 Å². The number of carbonyl (C=O) groups excluding carboxylic acids is 2. The van der Waals surface area contributed by atoms with Crippen LogP contribution in [0.15, 0.2) is 53.4 Å². The van der Waals surface area contributed by atoms with Crippen molar-refractivity contribution in [2.24, 2.45) is 0 Å². The maximum absolute atomic E-state index is 12.3. The number of nitriles is 1. The predicted octanol–water partition coefficient (Wildman–Crippen LogP) is 1.42. The molecule has 0 aliphatic heterocycles. The molecule has 10 heteroatoms. The highest BCUT2D eigenvalue weighted by molar-refractivity contribution is 7.89. The number of ether oxygens (including phenoxy) is 2. The highest BCUT2D eigenvalue weighted by Gasteiger charge is 2.23. The van der Waals surface area contributed by atoms with Crippen LogP contribution in [0.5, 0.6) is 5.75 Å². The number of esters is 1. The molecule has 2 rings (SSSR count). The Morgan fingerprint density at radius 3 is 2.48 bits per heavy atom. The minimum atomic E-state index is -3.96. The maximum atomic E-state index is 12.3.